The van der Waals surface area contributed by atoms with Gasteiger partial charge in [-0.1, -0.05) is 23.9 Å². The fourth-order valence-electron chi connectivity index (χ4n) is 0.918. The second kappa shape index (κ2) is 4.89. The SMILES string of the molecule is COCSc1ccccc1C(N)=O. The lowest BCUT2D eigenvalue weighted by Gasteiger charge is -2.04. The van der Waals surface area contributed by atoms with Crippen LogP contribution in [0.2, 0.25) is 0 Å². The lowest BCUT2D eigenvalue weighted by molar-refractivity contribution is 0.0997. The summed E-state index contributed by atoms with van der Waals surface area (Å²) in [5, 5.41) is 0. The number of hydrogen-bond donors (Lipinski definition) is 1. The number of ether oxygens (including phenoxy) is 1. The lowest BCUT2D eigenvalue weighted by atomic mass is 10.2. The number of carbonyl (C=O) groups excluding carboxylic acids is 1. The zero-order valence-corrected chi connectivity index (χ0v) is 8.14. The Balaban J connectivity index is 2.84. The van der Waals surface area contributed by atoms with Crippen molar-refractivity contribution in [3.63, 3.8) is 0 Å². The summed E-state index contributed by atoms with van der Waals surface area (Å²) < 4.78 is 4.89. The van der Waals surface area contributed by atoms with Gasteiger partial charge in [0.1, 0.15) is 0 Å². The van der Waals surface area contributed by atoms with Gasteiger partial charge in [0.05, 0.1) is 11.5 Å². The summed E-state index contributed by atoms with van der Waals surface area (Å²) in [6, 6.07) is 7.21. The minimum Gasteiger partial charge on any atom is -0.374 e. The first kappa shape index (κ1) is 10.1. The molecule has 13 heavy (non-hydrogen) atoms. The van der Waals surface area contributed by atoms with E-state index in [1.54, 1.807) is 19.2 Å². The maximum Gasteiger partial charge on any atom is 0.249 e. The zero-order valence-electron chi connectivity index (χ0n) is 7.32. The Kier molecular flexibility index (Phi) is 3.79. The van der Waals surface area contributed by atoms with Crippen molar-refractivity contribution in [1.29, 1.82) is 0 Å². The molecule has 3 nitrogen and oxygen atoms in total. The largest absolute Gasteiger partial charge is 0.374 e. The molecule has 0 heterocycles. The van der Waals surface area contributed by atoms with Gasteiger partial charge in [0.15, 0.2) is 0 Å². The Morgan fingerprint density at radius 2 is 2.23 bits per heavy atom. The topological polar surface area (TPSA) is 52.3 Å². The van der Waals surface area contributed by atoms with Crippen molar-refractivity contribution >= 4 is 17.7 Å². The van der Waals surface area contributed by atoms with Crippen LogP contribution in [0.15, 0.2) is 29.2 Å². The number of hydrogen-bond acceptors (Lipinski definition) is 3. The van der Waals surface area contributed by atoms with Crippen molar-refractivity contribution in [1.82, 2.24) is 0 Å². The molecule has 0 fully saturated rings. The Morgan fingerprint density at radius 3 is 2.85 bits per heavy atom. The molecule has 2 N–H and O–H groups in total. The van der Waals surface area contributed by atoms with Gasteiger partial charge in [-0.05, 0) is 12.1 Å². The highest BCUT2D eigenvalue weighted by Gasteiger charge is 2.06. The molecule has 1 rings (SSSR count). The number of thioether (sulfide) groups is 1. The molecule has 70 valence electrons. The van der Waals surface area contributed by atoms with Crippen LogP contribution in [0.5, 0.6) is 0 Å². The molecule has 0 saturated carbocycles. The number of amides is 1. The smallest absolute Gasteiger partial charge is 0.249 e. The van der Waals surface area contributed by atoms with Crippen molar-refractivity contribution in [2.45, 2.75) is 4.90 Å². The van der Waals surface area contributed by atoms with Crippen LogP contribution in [0.1, 0.15) is 10.4 Å². The third-order valence-corrected chi connectivity index (χ3v) is 2.51. The summed E-state index contributed by atoms with van der Waals surface area (Å²) in [4.78, 5) is 11.8. The van der Waals surface area contributed by atoms with Crippen LogP contribution in [0, 0.1) is 0 Å². The number of benzene rings is 1. The molecule has 0 aromatic heterocycles. The maximum absolute atomic E-state index is 11.0. The van der Waals surface area contributed by atoms with E-state index < -0.39 is 5.91 Å². The van der Waals surface area contributed by atoms with E-state index >= 15 is 0 Å². The quantitative estimate of drug-likeness (QED) is 0.587. The first-order valence-electron chi connectivity index (χ1n) is 3.76. The number of methoxy groups -OCH3 is 1. The first-order chi connectivity index (χ1) is 6.25. The second-order valence-corrected chi connectivity index (χ2v) is 3.38. The average Bonchev–Trinajstić information content (AvgIpc) is 2.15. The molecule has 1 amide bonds. The minimum absolute atomic E-state index is 0.404. The summed E-state index contributed by atoms with van der Waals surface area (Å²) in [5.74, 6) is 0.115. The Hall–Kier alpha value is -1.00. The molecule has 0 aliphatic rings. The maximum atomic E-state index is 11.0. The summed E-state index contributed by atoms with van der Waals surface area (Å²) in [5.41, 5.74) is 5.74. The number of primary amides is 1. The molecule has 0 bridgehead atoms. The zero-order chi connectivity index (χ0) is 9.68. The molecule has 0 aliphatic heterocycles. The van der Waals surface area contributed by atoms with Gasteiger partial charge in [-0.15, -0.1) is 0 Å². The van der Waals surface area contributed by atoms with Crippen molar-refractivity contribution in [2.24, 2.45) is 5.73 Å². The van der Waals surface area contributed by atoms with Crippen molar-refractivity contribution in [2.75, 3.05) is 13.0 Å². The highest BCUT2D eigenvalue weighted by atomic mass is 32.2. The van der Waals surface area contributed by atoms with Crippen molar-refractivity contribution in [3.8, 4) is 0 Å². The van der Waals surface area contributed by atoms with Gasteiger partial charge in [-0.3, -0.25) is 4.79 Å². The standard InChI is InChI=1S/C9H11NO2S/c1-12-6-13-8-5-3-2-4-7(8)9(10)11/h2-5H,6H2,1H3,(H2,10,11). The minimum atomic E-state index is -0.404. The van der Waals surface area contributed by atoms with Crippen molar-refractivity contribution in [3.05, 3.63) is 29.8 Å². The summed E-state index contributed by atoms with van der Waals surface area (Å²) in [6.45, 7) is 0. The molecule has 1 aromatic carbocycles. The van der Waals surface area contributed by atoms with E-state index in [9.17, 15) is 4.79 Å². The fraction of sp³-hybridized carbons (Fsp3) is 0.222. The number of nitrogens with two attached hydrogens (primary N) is 1. The van der Waals surface area contributed by atoms with Crippen LogP contribution < -0.4 is 5.73 Å². The van der Waals surface area contributed by atoms with Crippen LogP contribution in [0.4, 0.5) is 0 Å². The van der Waals surface area contributed by atoms with E-state index in [1.165, 1.54) is 11.8 Å². The van der Waals surface area contributed by atoms with Crippen LogP contribution in [-0.4, -0.2) is 19.0 Å². The van der Waals surface area contributed by atoms with Gasteiger partial charge in [0.25, 0.3) is 0 Å². The molecule has 0 spiro atoms. The van der Waals surface area contributed by atoms with Crippen LogP contribution in [0.25, 0.3) is 0 Å². The van der Waals surface area contributed by atoms with E-state index in [0.717, 1.165) is 4.90 Å². The van der Waals surface area contributed by atoms with Crippen LogP contribution in [-0.2, 0) is 4.74 Å². The lowest BCUT2D eigenvalue weighted by Crippen LogP contribution is -2.12. The summed E-state index contributed by atoms with van der Waals surface area (Å²) in [6.07, 6.45) is 0. The molecule has 0 unspecified atom stereocenters. The third kappa shape index (κ3) is 2.75. The predicted molar refractivity (Wildman–Crippen MR) is 52.7 cm³/mol. The van der Waals surface area contributed by atoms with Crippen molar-refractivity contribution < 1.29 is 9.53 Å². The van der Waals surface area contributed by atoms with Gasteiger partial charge in [0.2, 0.25) is 5.91 Å². The Bertz CT molecular complexity index is 301. The molecule has 0 atom stereocenters. The molecule has 1 aromatic rings. The molecule has 0 radical (unpaired) electrons. The summed E-state index contributed by atoms with van der Waals surface area (Å²) in [7, 11) is 1.61. The van der Waals surface area contributed by atoms with E-state index in [2.05, 4.69) is 0 Å². The monoisotopic (exact) mass is 197 g/mol. The second-order valence-electron chi connectivity index (χ2n) is 2.41. The van der Waals surface area contributed by atoms with Gasteiger partial charge in [0, 0.05) is 12.0 Å². The number of carbonyl (C=O) groups is 1. The third-order valence-electron chi connectivity index (χ3n) is 1.48. The van der Waals surface area contributed by atoms with Gasteiger partial charge in [-0.2, -0.15) is 0 Å². The highest BCUT2D eigenvalue weighted by Crippen LogP contribution is 2.21. The van der Waals surface area contributed by atoms with Gasteiger partial charge >= 0.3 is 0 Å². The molecule has 4 heteroatoms. The average molecular weight is 197 g/mol. The summed E-state index contributed by atoms with van der Waals surface area (Å²) >= 11 is 1.45. The molecule has 0 saturated heterocycles. The molecule has 0 aliphatic carbocycles. The first-order valence-corrected chi connectivity index (χ1v) is 4.75. The molecular formula is C9H11NO2S. The van der Waals surface area contributed by atoms with Gasteiger partial charge < -0.3 is 10.5 Å². The molecular weight excluding hydrogens is 186 g/mol. The Morgan fingerprint density at radius 1 is 1.54 bits per heavy atom. The van der Waals surface area contributed by atoms with Crippen LogP contribution in [0.3, 0.4) is 0 Å². The van der Waals surface area contributed by atoms with Crippen LogP contribution >= 0.6 is 11.8 Å². The normalized spacial score (nSPS) is 9.92. The number of rotatable bonds is 4. The van der Waals surface area contributed by atoms with E-state index in [0.29, 0.717) is 11.5 Å². The van der Waals surface area contributed by atoms with E-state index in [4.69, 9.17) is 10.5 Å². The fourth-order valence-corrected chi connectivity index (χ4v) is 1.66. The highest BCUT2D eigenvalue weighted by molar-refractivity contribution is 7.99. The predicted octanol–water partition coefficient (Wildman–Crippen LogP) is 1.48. The van der Waals surface area contributed by atoms with E-state index in [-0.39, 0.29) is 0 Å². The van der Waals surface area contributed by atoms with E-state index in [1.807, 2.05) is 12.1 Å². The Labute approximate surface area is 81.3 Å². The van der Waals surface area contributed by atoms with Gasteiger partial charge in [-0.25, -0.2) is 0 Å².